The van der Waals surface area contributed by atoms with Gasteiger partial charge < -0.3 is 4.90 Å². The van der Waals surface area contributed by atoms with Crippen molar-refractivity contribution >= 4 is 44.8 Å². The number of sulfonamides is 1. The van der Waals surface area contributed by atoms with Gasteiger partial charge in [-0.15, -0.1) is 0 Å². The Bertz CT molecular complexity index is 1070. The lowest BCUT2D eigenvalue weighted by Gasteiger charge is -2.33. The number of fused-ring (bicyclic) bond motifs is 1. The Balaban J connectivity index is 1.50. The predicted octanol–water partition coefficient (Wildman–Crippen LogP) is 5.37. The van der Waals surface area contributed by atoms with E-state index < -0.39 is 10.0 Å². The van der Waals surface area contributed by atoms with Gasteiger partial charge in [-0.3, -0.25) is 9.52 Å². The van der Waals surface area contributed by atoms with Crippen LogP contribution in [0.2, 0.25) is 10.0 Å². The summed E-state index contributed by atoms with van der Waals surface area (Å²) in [6, 6.07) is 9.33. The van der Waals surface area contributed by atoms with Gasteiger partial charge in [-0.25, -0.2) is 8.42 Å². The molecular weight excluding hydrogens is 443 g/mol. The number of carbonyl (C=O) groups is 1. The summed E-state index contributed by atoms with van der Waals surface area (Å²) in [6.45, 7) is 1.49. The maximum Gasteiger partial charge on any atom is 0.263 e. The molecule has 160 valence electrons. The third kappa shape index (κ3) is 4.61. The van der Waals surface area contributed by atoms with Crippen LogP contribution in [0.1, 0.15) is 48.0 Å². The number of nitrogens with zero attached hydrogens (tertiary/aromatic N) is 1. The van der Waals surface area contributed by atoms with Gasteiger partial charge in [0, 0.05) is 29.4 Å². The Hall–Kier alpha value is -1.76. The number of benzene rings is 2. The zero-order valence-corrected chi connectivity index (χ0v) is 18.9. The van der Waals surface area contributed by atoms with Crippen molar-refractivity contribution in [3.8, 4) is 0 Å². The van der Waals surface area contributed by atoms with Crippen molar-refractivity contribution in [2.75, 3.05) is 17.8 Å². The molecular formula is C22H24Cl2N2O3S. The van der Waals surface area contributed by atoms with Gasteiger partial charge in [0.1, 0.15) is 4.90 Å². The van der Waals surface area contributed by atoms with Crippen molar-refractivity contribution < 1.29 is 13.2 Å². The van der Waals surface area contributed by atoms with E-state index in [1.807, 2.05) is 4.90 Å². The van der Waals surface area contributed by atoms with Crippen LogP contribution in [0.15, 0.2) is 41.3 Å². The molecule has 0 spiro atoms. The summed E-state index contributed by atoms with van der Waals surface area (Å²) in [4.78, 5) is 14.9. The highest BCUT2D eigenvalue weighted by molar-refractivity contribution is 7.92. The zero-order chi connectivity index (χ0) is 21.3. The highest BCUT2D eigenvalue weighted by atomic mass is 35.5. The number of nitrogens with one attached hydrogen (secondary N) is 1. The molecule has 2 aromatic carbocycles. The third-order valence-electron chi connectivity index (χ3n) is 5.91. The normalized spacial score (nSPS) is 17.7. The highest BCUT2D eigenvalue weighted by Gasteiger charge is 2.28. The summed E-state index contributed by atoms with van der Waals surface area (Å²) < 4.78 is 28.0. The van der Waals surface area contributed by atoms with Crippen molar-refractivity contribution in [1.29, 1.82) is 0 Å². The molecule has 0 unspecified atom stereocenters. The van der Waals surface area contributed by atoms with Gasteiger partial charge in [0.25, 0.3) is 15.9 Å². The fourth-order valence-electron chi connectivity index (χ4n) is 4.36. The van der Waals surface area contributed by atoms with Gasteiger partial charge in [-0.2, -0.15) is 0 Å². The van der Waals surface area contributed by atoms with Crippen molar-refractivity contribution in [3.05, 3.63) is 57.6 Å². The first-order chi connectivity index (χ1) is 14.3. The monoisotopic (exact) mass is 466 g/mol. The number of amides is 1. The van der Waals surface area contributed by atoms with E-state index in [9.17, 15) is 13.2 Å². The smallest absolute Gasteiger partial charge is 0.263 e. The quantitative estimate of drug-likeness (QED) is 0.643. The zero-order valence-electron chi connectivity index (χ0n) is 16.5. The first kappa shape index (κ1) is 21.5. The van der Waals surface area contributed by atoms with Crippen LogP contribution in [0.3, 0.4) is 0 Å². The molecule has 1 fully saturated rings. The van der Waals surface area contributed by atoms with E-state index in [1.54, 1.807) is 18.2 Å². The Morgan fingerprint density at radius 1 is 1.03 bits per heavy atom. The lowest BCUT2D eigenvalue weighted by atomic mass is 9.88. The maximum absolute atomic E-state index is 12.9. The van der Waals surface area contributed by atoms with E-state index in [1.165, 1.54) is 50.3 Å². The van der Waals surface area contributed by atoms with Gasteiger partial charge in [0.15, 0.2) is 0 Å². The first-order valence-electron chi connectivity index (χ1n) is 10.2. The van der Waals surface area contributed by atoms with E-state index in [0.29, 0.717) is 35.2 Å². The summed E-state index contributed by atoms with van der Waals surface area (Å²) >= 11 is 11.9. The molecule has 30 heavy (non-hydrogen) atoms. The number of anilines is 1. The molecule has 1 amide bonds. The number of carbonyl (C=O) groups excluding carboxylic acids is 1. The molecule has 8 heteroatoms. The average molecular weight is 467 g/mol. The molecule has 2 aliphatic rings. The number of halogens is 2. The van der Waals surface area contributed by atoms with Crippen molar-refractivity contribution in [1.82, 2.24) is 4.90 Å². The molecule has 4 rings (SSSR count). The van der Waals surface area contributed by atoms with Crippen LogP contribution in [-0.2, 0) is 16.4 Å². The SMILES string of the molecule is O=C1c2ccc(NS(=O)(=O)c3ccc(Cl)cc3Cl)cc2CCN1CC1CCCCC1. The van der Waals surface area contributed by atoms with Gasteiger partial charge in [0.05, 0.1) is 5.02 Å². The topological polar surface area (TPSA) is 66.5 Å². The third-order valence-corrected chi connectivity index (χ3v) is 8.01. The fourth-order valence-corrected chi connectivity index (χ4v) is 6.18. The van der Waals surface area contributed by atoms with Gasteiger partial charge in [-0.1, -0.05) is 42.5 Å². The molecule has 1 heterocycles. The van der Waals surface area contributed by atoms with Crippen LogP contribution in [0.5, 0.6) is 0 Å². The summed E-state index contributed by atoms with van der Waals surface area (Å²) in [5.41, 5.74) is 1.93. The van der Waals surface area contributed by atoms with Crippen LogP contribution in [0.25, 0.3) is 0 Å². The number of hydrogen-bond donors (Lipinski definition) is 1. The minimum absolute atomic E-state index is 0.0389. The summed E-state index contributed by atoms with van der Waals surface area (Å²) in [5, 5.41) is 0.422. The minimum Gasteiger partial charge on any atom is -0.338 e. The van der Waals surface area contributed by atoms with Gasteiger partial charge in [0.2, 0.25) is 0 Å². The number of hydrogen-bond acceptors (Lipinski definition) is 3. The number of rotatable bonds is 5. The van der Waals surface area contributed by atoms with E-state index in [4.69, 9.17) is 23.2 Å². The Morgan fingerprint density at radius 3 is 2.53 bits per heavy atom. The predicted molar refractivity (Wildman–Crippen MR) is 120 cm³/mol. The Morgan fingerprint density at radius 2 is 1.80 bits per heavy atom. The average Bonchev–Trinajstić information content (AvgIpc) is 2.70. The fraction of sp³-hybridized carbons (Fsp3) is 0.409. The van der Waals surface area contributed by atoms with E-state index >= 15 is 0 Å². The highest BCUT2D eigenvalue weighted by Crippen LogP contribution is 2.30. The molecule has 0 saturated heterocycles. The molecule has 1 aliphatic heterocycles. The summed E-state index contributed by atoms with van der Waals surface area (Å²) in [7, 11) is -3.87. The summed E-state index contributed by atoms with van der Waals surface area (Å²) in [5.74, 6) is 0.636. The Kier molecular flexibility index (Phi) is 6.28. The minimum atomic E-state index is -3.87. The van der Waals surface area contributed by atoms with Gasteiger partial charge >= 0.3 is 0 Å². The summed E-state index contributed by atoms with van der Waals surface area (Å²) in [6.07, 6.45) is 6.92. The molecule has 1 saturated carbocycles. The largest absolute Gasteiger partial charge is 0.338 e. The first-order valence-corrected chi connectivity index (χ1v) is 12.5. The lowest BCUT2D eigenvalue weighted by Crippen LogP contribution is -2.41. The second kappa shape index (κ2) is 8.77. The molecule has 0 atom stereocenters. The van der Waals surface area contributed by atoms with Crippen molar-refractivity contribution in [2.24, 2.45) is 5.92 Å². The van der Waals surface area contributed by atoms with Crippen LogP contribution in [-0.4, -0.2) is 32.3 Å². The van der Waals surface area contributed by atoms with Crippen LogP contribution < -0.4 is 4.72 Å². The molecule has 0 radical (unpaired) electrons. The van der Waals surface area contributed by atoms with Gasteiger partial charge in [-0.05, 0) is 67.1 Å². The molecule has 2 aromatic rings. The van der Waals surface area contributed by atoms with E-state index in [0.717, 1.165) is 12.1 Å². The lowest BCUT2D eigenvalue weighted by molar-refractivity contribution is 0.0697. The molecule has 0 bridgehead atoms. The Labute approximate surface area is 187 Å². The van der Waals surface area contributed by atoms with E-state index in [2.05, 4.69) is 4.72 Å². The molecule has 5 nitrogen and oxygen atoms in total. The van der Waals surface area contributed by atoms with Crippen LogP contribution in [0, 0.1) is 5.92 Å². The molecule has 1 N–H and O–H groups in total. The van der Waals surface area contributed by atoms with Crippen LogP contribution >= 0.6 is 23.2 Å². The molecule has 0 aromatic heterocycles. The van der Waals surface area contributed by atoms with Crippen molar-refractivity contribution in [2.45, 2.75) is 43.4 Å². The van der Waals surface area contributed by atoms with Crippen molar-refractivity contribution in [3.63, 3.8) is 0 Å². The molecule has 1 aliphatic carbocycles. The maximum atomic E-state index is 12.9. The second-order valence-electron chi connectivity index (χ2n) is 8.06. The van der Waals surface area contributed by atoms with E-state index in [-0.39, 0.29) is 15.8 Å². The second-order valence-corrected chi connectivity index (χ2v) is 10.6. The standard InChI is InChI=1S/C22H24Cl2N2O3S/c23-17-6-9-21(20(24)13-17)30(28,29)25-18-7-8-19-16(12-18)10-11-26(22(19)27)14-15-4-2-1-3-5-15/h6-9,12-13,15,25H,1-5,10-11,14H2. The van der Waals surface area contributed by atoms with Crippen LogP contribution in [0.4, 0.5) is 5.69 Å².